The highest BCUT2D eigenvalue weighted by Crippen LogP contribution is 2.27. The number of methoxy groups -OCH3 is 2. The molecule has 0 aliphatic carbocycles. The molecule has 8 heteroatoms. The summed E-state index contributed by atoms with van der Waals surface area (Å²) in [5.41, 5.74) is 2.85. The van der Waals surface area contributed by atoms with E-state index in [0.717, 1.165) is 11.1 Å². The number of benzene rings is 2. The second kappa shape index (κ2) is 9.16. The summed E-state index contributed by atoms with van der Waals surface area (Å²) in [6.45, 7) is 6.62. The Kier molecular flexibility index (Phi) is 6.58. The quantitative estimate of drug-likeness (QED) is 0.742. The number of urea groups is 1. The summed E-state index contributed by atoms with van der Waals surface area (Å²) in [4.78, 5) is 26.5. The number of carbonyl (C=O) groups is 2. The van der Waals surface area contributed by atoms with E-state index in [0.29, 0.717) is 42.4 Å². The fourth-order valence-corrected chi connectivity index (χ4v) is 3.29. The van der Waals surface area contributed by atoms with Crippen molar-refractivity contribution in [3.05, 3.63) is 47.5 Å². The predicted molar refractivity (Wildman–Crippen MR) is 119 cm³/mol. The van der Waals surface area contributed by atoms with Crippen LogP contribution in [0.4, 0.5) is 21.0 Å². The number of nitrogens with zero attached hydrogens (tertiary/aromatic N) is 1. The zero-order valence-electron chi connectivity index (χ0n) is 18.6. The topological polar surface area (TPSA) is 89.1 Å². The number of ether oxygens (including phenoxy) is 3. The highest BCUT2D eigenvalue weighted by atomic mass is 16.6. The summed E-state index contributed by atoms with van der Waals surface area (Å²) < 4.78 is 15.9. The molecule has 0 saturated heterocycles. The molecule has 0 aromatic heterocycles. The molecule has 0 fully saturated rings. The van der Waals surface area contributed by atoms with Crippen molar-refractivity contribution in [2.24, 2.45) is 0 Å². The largest absolute Gasteiger partial charge is 0.497 e. The SMILES string of the molecule is COc1cc(NC(=O)Nc2ccc3c(c2)CCN(C(=O)OC(C)(C)C)C3)cc(OC)c1. The Morgan fingerprint density at radius 3 is 2.16 bits per heavy atom. The summed E-state index contributed by atoms with van der Waals surface area (Å²) in [7, 11) is 3.10. The molecule has 0 bridgehead atoms. The van der Waals surface area contributed by atoms with Crippen molar-refractivity contribution in [2.45, 2.75) is 39.3 Å². The van der Waals surface area contributed by atoms with Crippen LogP contribution in [-0.4, -0.2) is 43.4 Å². The standard InChI is InChI=1S/C23H29N3O5/c1-23(2,3)31-22(28)26-9-8-15-10-17(7-6-16(15)14-26)24-21(27)25-18-11-19(29-4)13-20(12-18)30-5/h6-7,10-13H,8-9,14H2,1-5H3,(H2,24,25,27). The first kappa shape index (κ1) is 22.3. The van der Waals surface area contributed by atoms with E-state index in [1.165, 1.54) is 0 Å². The van der Waals surface area contributed by atoms with Gasteiger partial charge in [0.15, 0.2) is 0 Å². The van der Waals surface area contributed by atoms with Crippen LogP contribution in [0.1, 0.15) is 31.9 Å². The lowest BCUT2D eigenvalue weighted by atomic mass is 9.99. The third kappa shape index (κ3) is 6.04. The molecule has 3 rings (SSSR count). The van der Waals surface area contributed by atoms with E-state index in [-0.39, 0.29) is 12.1 Å². The van der Waals surface area contributed by atoms with E-state index in [2.05, 4.69) is 10.6 Å². The van der Waals surface area contributed by atoms with Crippen molar-refractivity contribution in [1.82, 2.24) is 4.90 Å². The summed E-state index contributed by atoms with van der Waals surface area (Å²) >= 11 is 0. The van der Waals surface area contributed by atoms with E-state index in [1.54, 1.807) is 37.3 Å². The van der Waals surface area contributed by atoms with Crippen LogP contribution in [0.15, 0.2) is 36.4 Å². The Hall–Kier alpha value is -3.42. The van der Waals surface area contributed by atoms with E-state index in [4.69, 9.17) is 14.2 Å². The smallest absolute Gasteiger partial charge is 0.410 e. The Morgan fingerprint density at radius 2 is 1.55 bits per heavy atom. The zero-order valence-corrected chi connectivity index (χ0v) is 18.6. The molecule has 0 unspecified atom stereocenters. The second-order valence-corrected chi connectivity index (χ2v) is 8.32. The molecule has 2 N–H and O–H groups in total. The highest BCUT2D eigenvalue weighted by molar-refractivity contribution is 6.00. The van der Waals surface area contributed by atoms with Crippen molar-refractivity contribution < 1.29 is 23.8 Å². The van der Waals surface area contributed by atoms with Crippen molar-refractivity contribution in [1.29, 1.82) is 0 Å². The average molecular weight is 428 g/mol. The third-order valence-electron chi connectivity index (χ3n) is 4.74. The average Bonchev–Trinajstić information content (AvgIpc) is 2.71. The van der Waals surface area contributed by atoms with Crippen LogP contribution in [0.25, 0.3) is 0 Å². The molecule has 2 aromatic carbocycles. The first-order valence-corrected chi connectivity index (χ1v) is 10.1. The predicted octanol–water partition coefficient (Wildman–Crippen LogP) is 4.64. The lowest BCUT2D eigenvalue weighted by Crippen LogP contribution is -2.39. The molecule has 0 saturated carbocycles. The maximum Gasteiger partial charge on any atom is 0.410 e. The van der Waals surface area contributed by atoms with E-state index in [1.807, 2.05) is 39.0 Å². The first-order valence-electron chi connectivity index (χ1n) is 10.1. The van der Waals surface area contributed by atoms with E-state index < -0.39 is 5.60 Å². The van der Waals surface area contributed by atoms with Gasteiger partial charge >= 0.3 is 12.1 Å². The molecule has 166 valence electrons. The normalized spacial score (nSPS) is 13.1. The number of hydrogen-bond donors (Lipinski definition) is 2. The maximum absolute atomic E-state index is 12.5. The third-order valence-corrected chi connectivity index (χ3v) is 4.74. The molecule has 8 nitrogen and oxygen atoms in total. The molecule has 0 spiro atoms. The number of amides is 3. The number of anilines is 2. The van der Waals surface area contributed by atoms with Gasteiger partial charge < -0.3 is 29.7 Å². The Labute approximate surface area is 182 Å². The minimum absolute atomic E-state index is 0.312. The van der Waals surface area contributed by atoms with Gasteiger partial charge in [0.05, 0.1) is 14.2 Å². The van der Waals surface area contributed by atoms with Gasteiger partial charge in [-0.1, -0.05) is 6.07 Å². The number of rotatable bonds is 4. The van der Waals surface area contributed by atoms with Crippen LogP contribution in [0.2, 0.25) is 0 Å². The molecular formula is C23H29N3O5. The number of nitrogens with one attached hydrogen (secondary N) is 2. The van der Waals surface area contributed by atoms with Crippen LogP contribution < -0.4 is 20.1 Å². The van der Waals surface area contributed by atoms with E-state index in [9.17, 15) is 9.59 Å². The second-order valence-electron chi connectivity index (χ2n) is 8.32. The Balaban J connectivity index is 1.63. The van der Waals surface area contributed by atoms with Gasteiger partial charge in [-0.15, -0.1) is 0 Å². The summed E-state index contributed by atoms with van der Waals surface area (Å²) in [6, 6.07) is 10.5. The van der Waals surface area contributed by atoms with Gasteiger partial charge in [-0.25, -0.2) is 9.59 Å². The van der Waals surface area contributed by atoms with Crippen molar-refractivity contribution >= 4 is 23.5 Å². The minimum atomic E-state index is -0.523. The molecule has 1 aliphatic heterocycles. The van der Waals surface area contributed by atoms with Crippen LogP contribution >= 0.6 is 0 Å². The lowest BCUT2D eigenvalue weighted by Gasteiger charge is -2.31. The fraction of sp³-hybridized carbons (Fsp3) is 0.391. The summed E-state index contributed by atoms with van der Waals surface area (Å²) in [6.07, 6.45) is 0.382. The lowest BCUT2D eigenvalue weighted by molar-refractivity contribution is 0.0224. The number of hydrogen-bond acceptors (Lipinski definition) is 5. The highest BCUT2D eigenvalue weighted by Gasteiger charge is 2.25. The summed E-state index contributed by atoms with van der Waals surface area (Å²) in [5, 5.41) is 5.63. The number of carbonyl (C=O) groups excluding carboxylic acids is 2. The maximum atomic E-state index is 12.5. The van der Waals surface area contributed by atoms with Crippen molar-refractivity contribution in [3.8, 4) is 11.5 Å². The molecule has 31 heavy (non-hydrogen) atoms. The van der Waals surface area contributed by atoms with Gasteiger partial charge in [-0.3, -0.25) is 0 Å². The van der Waals surface area contributed by atoms with Crippen molar-refractivity contribution in [2.75, 3.05) is 31.4 Å². The molecule has 0 radical (unpaired) electrons. The van der Waals surface area contributed by atoms with Gasteiger partial charge in [0.2, 0.25) is 0 Å². The molecular weight excluding hydrogens is 398 g/mol. The molecule has 2 aromatic rings. The zero-order chi connectivity index (χ0) is 22.6. The van der Waals surface area contributed by atoms with Gasteiger partial charge in [-0.2, -0.15) is 0 Å². The fourth-order valence-electron chi connectivity index (χ4n) is 3.29. The van der Waals surface area contributed by atoms with Crippen LogP contribution in [0, 0.1) is 0 Å². The summed E-state index contributed by atoms with van der Waals surface area (Å²) in [5.74, 6) is 1.16. The molecule has 1 aliphatic rings. The molecule has 0 atom stereocenters. The Morgan fingerprint density at radius 1 is 0.903 bits per heavy atom. The van der Waals surface area contributed by atoms with Gasteiger partial charge in [0, 0.05) is 42.7 Å². The molecule has 1 heterocycles. The van der Waals surface area contributed by atoms with Crippen LogP contribution in [0.3, 0.4) is 0 Å². The van der Waals surface area contributed by atoms with Gasteiger partial charge in [0.1, 0.15) is 17.1 Å². The van der Waals surface area contributed by atoms with Crippen LogP contribution in [0.5, 0.6) is 11.5 Å². The Bertz CT molecular complexity index is 946. The minimum Gasteiger partial charge on any atom is -0.497 e. The van der Waals surface area contributed by atoms with Gasteiger partial charge in [-0.05, 0) is 50.5 Å². The monoisotopic (exact) mass is 427 g/mol. The van der Waals surface area contributed by atoms with Gasteiger partial charge in [0.25, 0.3) is 0 Å². The van der Waals surface area contributed by atoms with Crippen molar-refractivity contribution in [3.63, 3.8) is 0 Å². The first-order chi connectivity index (χ1) is 14.7. The van der Waals surface area contributed by atoms with E-state index >= 15 is 0 Å². The molecule has 3 amide bonds. The number of fused-ring (bicyclic) bond motifs is 1. The van der Waals surface area contributed by atoms with Crippen LogP contribution in [-0.2, 0) is 17.7 Å².